The average molecular weight is 353 g/mol. The number of para-hydroxylation sites is 1. The molecule has 1 aromatic heterocycles. The van der Waals surface area contributed by atoms with Crippen LogP contribution in [0.2, 0.25) is 0 Å². The van der Waals surface area contributed by atoms with Crippen molar-refractivity contribution in [2.75, 3.05) is 0 Å². The van der Waals surface area contributed by atoms with Crippen LogP contribution in [0.1, 0.15) is 31.4 Å². The fourth-order valence-corrected chi connectivity index (χ4v) is 3.76. The van der Waals surface area contributed by atoms with Crippen LogP contribution in [0.3, 0.4) is 0 Å². The maximum Gasteiger partial charge on any atom is 0.262 e. The van der Waals surface area contributed by atoms with Crippen LogP contribution < -0.4 is 5.56 Å². The number of benzene rings is 2. The van der Waals surface area contributed by atoms with Gasteiger partial charge in [0.1, 0.15) is 0 Å². The third-order valence-corrected chi connectivity index (χ3v) is 5.25. The molecule has 1 heterocycles. The van der Waals surface area contributed by atoms with Crippen molar-refractivity contribution in [1.82, 2.24) is 9.55 Å². The summed E-state index contributed by atoms with van der Waals surface area (Å²) in [6.07, 6.45) is 0.970. The van der Waals surface area contributed by atoms with Gasteiger partial charge >= 0.3 is 0 Å². The molecule has 0 amide bonds. The molecular formula is C21H24N2OS. The molecule has 0 radical (unpaired) electrons. The highest BCUT2D eigenvalue weighted by Gasteiger charge is 2.12. The van der Waals surface area contributed by atoms with E-state index in [9.17, 15) is 4.79 Å². The van der Waals surface area contributed by atoms with Crippen LogP contribution >= 0.6 is 11.8 Å². The SMILES string of the molecule is Cc1cccc(CSc2nc3ccccc3c(=O)n2CCC(C)C)c1. The largest absolute Gasteiger partial charge is 0.287 e. The van der Waals surface area contributed by atoms with E-state index in [-0.39, 0.29) is 5.56 Å². The Balaban J connectivity index is 1.96. The minimum Gasteiger partial charge on any atom is -0.287 e. The minimum absolute atomic E-state index is 0.0676. The Morgan fingerprint density at radius 3 is 2.68 bits per heavy atom. The molecule has 0 unspecified atom stereocenters. The number of fused-ring (bicyclic) bond motifs is 1. The number of thioether (sulfide) groups is 1. The number of hydrogen-bond donors (Lipinski definition) is 0. The molecule has 0 saturated heterocycles. The molecule has 0 N–H and O–H groups in total. The summed E-state index contributed by atoms with van der Waals surface area (Å²) in [5, 5.41) is 1.51. The molecule has 3 rings (SSSR count). The summed E-state index contributed by atoms with van der Waals surface area (Å²) in [4.78, 5) is 17.7. The molecule has 0 bridgehead atoms. The van der Waals surface area contributed by atoms with Crippen molar-refractivity contribution in [3.8, 4) is 0 Å². The lowest BCUT2D eigenvalue weighted by molar-refractivity contribution is 0.481. The molecule has 0 atom stereocenters. The summed E-state index contributed by atoms with van der Waals surface area (Å²) in [7, 11) is 0. The fraction of sp³-hybridized carbons (Fsp3) is 0.333. The first kappa shape index (κ1) is 17.7. The lowest BCUT2D eigenvalue weighted by atomic mass is 10.1. The number of hydrogen-bond acceptors (Lipinski definition) is 3. The van der Waals surface area contributed by atoms with Crippen LogP contribution in [0.15, 0.2) is 58.5 Å². The maximum atomic E-state index is 12.9. The van der Waals surface area contributed by atoms with Gasteiger partial charge in [0.15, 0.2) is 5.16 Å². The molecule has 0 saturated carbocycles. The van der Waals surface area contributed by atoms with Crippen molar-refractivity contribution in [1.29, 1.82) is 0 Å². The zero-order valence-electron chi connectivity index (χ0n) is 15.0. The summed E-state index contributed by atoms with van der Waals surface area (Å²) in [6, 6.07) is 16.1. The molecule has 0 fully saturated rings. The summed E-state index contributed by atoms with van der Waals surface area (Å²) in [6.45, 7) is 7.17. The summed E-state index contributed by atoms with van der Waals surface area (Å²) >= 11 is 1.64. The van der Waals surface area contributed by atoms with Gasteiger partial charge in [0.05, 0.1) is 10.9 Å². The van der Waals surface area contributed by atoms with Gasteiger partial charge in [0, 0.05) is 12.3 Å². The van der Waals surface area contributed by atoms with Gasteiger partial charge in [-0.2, -0.15) is 0 Å². The predicted molar refractivity (Wildman–Crippen MR) is 106 cm³/mol. The molecule has 3 aromatic rings. The first-order valence-corrected chi connectivity index (χ1v) is 9.71. The summed E-state index contributed by atoms with van der Waals surface area (Å²) in [5.41, 5.74) is 3.35. The van der Waals surface area contributed by atoms with Crippen molar-refractivity contribution in [3.63, 3.8) is 0 Å². The lowest BCUT2D eigenvalue weighted by Gasteiger charge is -2.14. The van der Waals surface area contributed by atoms with Crippen LogP contribution in [0.5, 0.6) is 0 Å². The quantitative estimate of drug-likeness (QED) is 0.460. The van der Waals surface area contributed by atoms with Crippen molar-refractivity contribution in [2.24, 2.45) is 5.92 Å². The standard InChI is InChI=1S/C21H24N2OS/c1-15(2)11-12-23-20(24)18-9-4-5-10-19(18)22-21(23)25-14-17-8-6-7-16(3)13-17/h4-10,13,15H,11-12,14H2,1-3H3. The second kappa shape index (κ2) is 7.87. The topological polar surface area (TPSA) is 34.9 Å². The monoisotopic (exact) mass is 352 g/mol. The molecule has 0 aliphatic carbocycles. The molecule has 0 spiro atoms. The predicted octanol–water partition coefficient (Wildman–Crippen LogP) is 5.04. The van der Waals surface area contributed by atoms with Gasteiger partial charge in [-0.25, -0.2) is 4.98 Å². The Labute approximate surface area is 153 Å². The van der Waals surface area contributed by atoms with Gasteiger partial charge in [-0.1, -0.05) is 67.6 Å². The van der Waals surface area contributed by atoms with Gasteiger partial charge in [-0.3, -0.25) is 9.36 Å². The second-order valence-electron chi connectivity index (χ2n) is 6.83. The lowest BCUT2D eigenvalue weighted by Crippen LogP contribution is -2.24. The molecule has 0 aliphatic rings. The smallest absolute Gasteiger partial charge is 0.262 e. The van der Waals surface area contributed by atoms with E-state index in [0.717, 1.165) is 22.8 Å². The van der Waals surface area contributed by atoms with E-state index in [4.69, 9.17) is 4.98 Å². The Morgan fingerprint density at radius 2 is 1.92 bits per heavy atom. The van der Waals surface area contributed by atoms with Gasteiger partial charge in [0.25, 0.3) is 5.56 Å². The Bertz CT molecular complexity index is 931. The highest BCUT2D eigenvalue weighted by Crippen LogP contribution is 2.23. The molecule has 2 aromatic carbocycles. The zero-order chi connectivity index (χ0) is 17.8. The third-order valence-electron chi connectivity index (χ3n) is 4.21. The van der Waals surface area contributed by atoms with Crippen LogP contribution in [-0.4, -0.2) is 9.55 Å². The average Bonchev–Trinajstić information content (AvgIpc) is 2.59. The van der Waals surface area contributed by atoms with Gasteiger partial charge < -0.3 is 0 Å². The van der Waals surface area contributed by atoms with Crippen molar-refractivity contribution < 1.29 is 0 Å². The van der Waals surface area contributed by atoms with Crippen molar-refractivity contribution >= 4 is 22.7 Å². The van der Waals surface area contributed by atoms with Crippen LogP contribution in [0, 0.1) is 12.8 Å². The zero-order valence-corrected chi connectivity index (χ0v) is 15.8. The Hall–Kier alpha value is -2.07. The van der Waals surface area contributed by atoms with E-state index in [2.05, 4.69) is 45.0 Å². The van der Waals surface area contributed by atoms with Gasteiger partial charge in [-0.15, -0.1) is 0 Å². The highest BCUT2D eigenvalue weighted by atomic mass is 32.2. The van der Waals surface area contributed by atoms with Crippen LogP contribution in [0.4, 0.5) is 0 Å². The van der Waals surface area contributed by atoms with E-state index >= 15 is 0 Å². The maximum absolute atomic E-state index is 12.9. The summed E-state index contributed by atoms with van der Waals surface area (Å²) in [5.74, 6) is 1.36. The first-order valence-electron chi connectivity index (χ1n) is 8.72. The number of nitrogens with zero attached hydrogens (tertiary/aromatic N) is 2. The minimum atomic E-state index is 0.0676. The van der Waals surface area contributed by atoms with E-state index in [1.54, 1.807) is 11.8 Å². The summed E-state index contributed by atoms with van der Waals surface area (Å²) < 4.78 is 1.85. The molecule has 0 aliphatic heterocycles. The Kier molecular flexibility index (Phi) is 5.59. The van der Waals surface area contributed by atoms with Gasteiger partial charge in [-0.05, 0) is 37.0 Å². The van der Waals surface area contributed by atoms with Crippen molar-refractivity contribution in [3.05, 3.63) is 70.0 Å². The van der Waals surface area contributed by atoms with Crippen LogP contribution in [0.25, 0.3) is 10.9 Å². The number of aryl methyl sites for hydroxylation is 1. The van der Waals surface area contributed by atoms with E-state index in [1.807, 2.05) is 28.8 Å². The van der Waals surface area contributed by atoms with E-state index in [1.165, 1.54) is 11.1 Å². The fourth-order valence-electron chi connectivity index (χ4n) is 2.79. The van der Waals surface area contributed by atoms with E-state index < -0.39 is 0 Å². The van der Waals surface area contributed by atoms with E-state index in [0.29, 0.717) is 17.8 Å². The van der Waals surface area contributed by atoms with Crippen molar-refractivity contribution in [2.45, 2.75) is 44.6 Å². The normalized spacial score (nSPS) is 11.4. The first-order chi connectivity index (χ1) is 12.0. The second-order valence-corrected chi connectivity index (χ2v) is 7.77. The number of rotatable bonds is 6. The molecule has 4 heteroatoms. The Morgan fingerprint density at radius 1 is 1.12 bits per heavy atom. The molecule has 25 heavy (non-hydrogen) atoms. The van der Waals surface area contributed by atoms with Crippen LogP contribution in [-0.2, 0) is 12.3 Å². The molecule has 3 nitrogen and oxygen atoms in total. The molecule has 130 valence electrons. The molecular weight excluding hydrogens is 328 g/mol. The highest BCUT2D eigenvalue weighted by molar-refractivity contribution is 7.98. The third kappa shape index (κ3) is 4.31. The van der Waals surface area contributed by atoms with Gasteiger partial charge in [0.2, 0.25) is 0 Å². The number of aromatic nitrogens is 2.